The Morgan fingerprint density at radius 1 is 0.923 bits per heavy atom. The fraction of sp³-hybridized carbons (Fsp3) is 0.105. The van der Waals surface area contributed by atoms with Crippen LogP contribution in [0.15, 0.2) is 72.9 Å². The molecule has 1 aromatic heterocycles. The molecule has 0 atom stereocenters. The van der Waals surface area contributed by atoms with Gasteiger partial charge in [0.2, 0.25) is 10.0 Å². The van der Waals surface area contributed by atoms with Gasteiger partial charge in [-0.3, -0.25) is 4.72 Å². The molecule has 1 heterocycles. The predicted octanol–water partition coefficient (Wildman–Crippen LogP) is 3.95. The average Bonchev–Trinajstić information content (AvgIpc) is 2.63. The van der Waals surface area contributed by atoms with Gasteiger partial charge in [-0.15, -0.1) is 0 Å². The van der Waals surface area contributed by atoms with Gasteiger partial charge < -0.3 is 5.32 Å². The number of hydrogen-bond donors (Lipinski definition) is 2. The van der Waals surface area contributed by atoms with Crippen molar-refractivity contribution in [1.82, 2.24) is 4.98 Å². The molecule has 7 heteroatoms. The van der Waals surface area contributed by atoms with E-state index in [1.54, 1.807) is 24.3 Å². The predicted molar refractivity (Wildman–Crippen MR) is 101 cm³/mol. The molecular weight excluding hydrogens is 353 g/mol. The summed E-state index contributed by atoms with van der Waals surface area (Å²) < 4.78 is 40.0. The third-order valence-electron chi connectivity index (χ3n) is 3.64. The number of pyridine rings is 1. The lowest BCUT2D eigenvalue weighted by Gasteiger charge is -2.09. The Kier molecular flexibility index (Phi) is 5.48. The maximum absolute atomic E-state index is 13.2. The zero-order chi connectivity index (χ0) is 18.4. The lowest BCUT2D eigenvalue weighted by atomic mass is 10.2. The quantitative estimate of drug-likeness (QED) is 0.660. The summed E-state index contributed by atoms with van der Waals surface area (Å²) in [6, 6.07) is 18.7. The van der Waals surface area contributed by atoms with E-state index in [9.17, 15) is 12.8 Å². The van der Waals surface area contributed by atoms with Gasteiger partial charge in [-0.1, -0.05) is 36.4 Å². The molecule has 26 heavy (non-hydrogen) atoms. The molecule has 0 bridgehead atoms. The van der Waals surface area contributed by atoms with E-state index in [4.69, 9.17) is 0 Å². The normalized spacial score (nSPS) is 11.1. The molecule has 0 radical (unpaired) electrons. The van der Waals surface area contributed by atoms with E-state index in [0.29, 0.717) is 17.8 Å². The zero-order valence-electron chi connectivity index (χ0n) is 13.9. The van der Waals surface area contributed by atoms with Crippen LogP contribution >= 0.6 is 0 Å². The highest BCUT2D eigenvalue weighted by Crippen LogP contribution is 2.18. The van der Waals surface area contributed by atoms with Crippen LogP contribution in [-0.2, 0) is 16.4 Å². The molecule has 0 unspecified atom stereocenters. The zero-order valence-corrected chi connectivity index (χ0v) is 14.7. The Hall–Kier alpha value is -2.93. The fourth-order valence-corrected chi connectivity index (χ4v) is 3.41. The van der Waals surface area contributed by atoms with Crippen LogP contribution in [0, 0.1) is 5.82 Å². The van der Waals surface area contributed by atoms with E-state index in [2.05, 4.69) is 15.0 Å². The summed E-state index contributed by atoms with van der Waals surface area (Å²) in [5.41, 5.74) is 2.17. The summed E-state index contributed by atoms with van der Waals surface area (Å²) in [6.45, 7) is 0. The first kappa shape index (κ1) is 17.9. The number of nitrogens with one attached hydrogen (secondary N) is 2. The smallest absolute Gasteiger partial charge is 0.234 e. The molecule has 0 aliphatic heterocycles. The van der Waals surface area contributed by atoms with Crippen molar-refractivity contribution in [3.05, 3.63) is 84.3 Å². The number of hydrogen-bond acceptors (Lipinski definition) is 4. The summed E-state index contributed by atoms with van der Waals surface area (Å²) in [5, 5.41) is 3.00. The van der Waals surface area contributed by atoms with Crippen molar-refractivity contribution in [2.24, 2.45) is 0 Å². The molecule has 0 saturated carbocycles. The topological polar surface area (TPSA) is 71.1 Å². The largest absolute Gasteiger partial charge is 0.354 e. The number of benzene rings is 2. The molecule has 134 valence electrons. The highest BCUT2D eigenvalue weighted by atomic mass is 32.2. The Balaban J connectivity index is 1.59. The molecule has 0 spiro atoms. The highest BCUT2D eigenvalue weighted by Gasteiger charge is 2.11. The average molecular weight is 371 g/mol. The van der Waals surface area contributed by atoms with Crippen LogP contribution in [0.2, 0.25) is 0 Å². The molecule has 0 aliphatic rings. The van der Waals surface area contributed by atoms with Crippen LogP contribution in [-0.4, -0.2) is 19.2 Å². The third-order valence-corrected chi connectivity index (χ3v) is 4.90. The summed E-state index contributed by atoms with van der Waals surface area (Å²) >= 11 is 0. The van der Waals surface area contributed by atoms with Crippen molar-refractivity contribution >= 4 is 27.2 Å². The number of halogens is 1. The standard InChI is InChI=1S/C19H18FN3O2S/c20-16-7-4-8-17(13-16)22-18-9-10-19(21-14-18)23-26(24,25)12-11-15-5-2-1-3-6-15/h1-10,13-14,22H,11-12H2,(H,21,23). The molecule has 3 aromatic rings. The van der Waals surface area contributed by atoms with E-state index < -0.39 is 10.0 Å². The fourth-order valence-electron chi connectivity index (χ4n) is 2.37. The van der Waals surface area contributed by atoms with Crippen LogP contribution in [0.3, 0.4) is 0 Å². The number of anilines is 3. The minimum absolute atomic E-state index is 0.0258. The van der Waals surface area contributed by atoms with Crippen LogP contribution in [0.25, 0.3) is 0 Å². The van der Waals surface area contributed by atoms with Gasteiger partial charge in [-0.05, 0) is 42.3 Å². The van der Waals surface area contributed by atoms with Crippen LogP contribution < -0.4 is 10.0 Å². The monoisotopic (exact) mass is 371 g/mol. The first-order valence-electron chi connectivity index (χ1n) is 8.03. The van der Waals surface area contributed by atoms with Gasteiger partial charge in [0.25, 0.3) is 0 Å². The van der Waals surface area contributed by atoms with E-state index in [-0.39, 0.29) is 17.4 Å². The summed E-state index contributed by atoms with van der Waals surface area (Å²) in [4.78, 5) is 4.09. The second-order valence-corrected chi connectivity index (χ2v) is 7.57. The lowest BCUT2D eigenvalue weighted by Crippen LogP contribution is -2.18. The van der Waals surface area contributed by atoms with Crippen molar-refractivity contribution in [2.75, 3.05) is 15.8 Å². The molecule has 0 fully saturated rings. The second-order valence-electron chi connectivity index (χ2n) is 5.72. The van der Waals surface area contributed by atoms with Crippen LogP contribution in [0.5, 0.6) is 0 Å². The molecule has 0 amide bonds. The lowest BCUT2D eigenvalue weighted by molar-refractivity contribution is 0.600. The Labute approximate surface area is 152 Å². The van der Waals surface area contributed by atoms with Crippen molar-refractivity contribution in [1.29, 1.82) is 0 Å². The van der Waals surface area contributed by atoms with Gasteiger partial charge in [0.05, 0.1) is 17.6 Å². The van der Waals surface area contributed by atoms with Crippen molar-refractivity contribution in [2.45, 2.75) is 6.42 Å². The molecule has 2 aromatic carbocycles. The van der Waals surface area contributed by atoms with E-state index >= 15 is 0 Å². The first-order chi connectivity index (χ1) is 12.5. The van der Waals surface area contributed by atoms with Crippen molar-refractivity contribution in [3.8, 4) is 0 Å². The molecular formula is C19H18FN3O2S. The number of aryl methyl sites for hydroxylation is 1. The number of aromatic nitrogens is 1. The van der Waals surface area contributed by atoms with E-state index in [1.165, 1.54) is 18.3 Å². The van der Waals surface area contributed by atoms with Gasteiger partial charge in [-0.25, -0.2) is 17.8 Å². The number of nitrogens with zero attached hydrogens (tertiary/aromatic N) is 1. The number of rotatable bonds is 7. The SMILES string of the molecule is O=S(=O)(CCc1ccccc1)Nc1ccc(Nc2cccc(F)c2)cn1. The van der Waals surface area contributed by atoms with Crippen molar-refractivity contribution in [3.63, 3.8) is 0 Å². The van der Waals surface area contributed by atoms with Crippen LogP contribution in [0.1, 0.15) is 5.56 Å². The van der Waals surface area contributed by atoms with Gasteiger partial charge in [0.1, 0.15) is 11.6 Å². The summed E-state index contributed by atoms with van der Waals surface area (Å²) in [5.74, 6) is -0.129. The Morgan fingerprint density at radius 2 is 1.73 bits per heavy atom. The highest BCUT2D eigenvalue weighted by molar-refractivity contribution is 7.92. The van der Waals surface area contributed by atoms with E-state index in [1.807, 2.05) is 30.3 Å². The minimum Gasteiger partial charge on any atom is -0.354 e. The first-order valence-corrected chi connectivity index (χ1v) is 9.68. The Morgan fingerprint density at radius 3 is 2.42 bits per heavy atom. The minimum atomic E-state index is -3.49. The van der Waals surface area contributed by atoms with Crippen molar-refractivity contribution < 1.29 is 12.8 Å². The van der Waals surface area contributed by atoms with E-state index in [0.717, 1.165) is 5.56 Å². The Bertz CT molecular complexity index is 962. The summed E-state index contributed by atoms with van der Waals surface area (Å²) in [7, 11) is -3.49. The van der Waals surface area contributed by atoms with Gasteiger partial charge in [-0.2, -0.15) is 0 Å². The summed E-state index contributed by atoms with van der Waals surface area (Å²) in [6.07, 6.45) is 1.91. The molecule has 2 N–H and O–H groups in total. The van der Waals surface area contributed by atoms with Gasteiger partial charge >= 0.3 is 0 Å². The maximum Gasteiger partial charge on any atom is 0.234 e. The molecule has 3 rings (SSSR count). The van der Waals surface area contributed by atoms with Gasteiger partial charge in [0, 0.05) is 5.69 Å². The molecule has 0 aliphatic carbocycles. The van der Waals surface area contributed by atoms with Gasteiger partial charge in [0.15, 0.2) is 0 Å². The molecule has 5 nitrogen and oxygen atoms in total. The van der Waals surface area contributed by atoms with Crippen LogP contribution in [0.4, 0.5) is 21.6 Å². The second kappa shape index (κ2) is 7.97. The maximum atomic E-state index is 13.2. The third kappa shape index (κ3) is 5.29. The molecule has 0 saturated heterocycles. The number of sulfonamides is 1.